The molecule has 2 nitrogen and oxygen atoms in total. The van der Waals surface area contributed by atoms with Gasteiger partial charge in [-0.1, -0.05) is 93.6 Å². The van der Waals surface area contributed by atoms with Gasteiger partial charge in [0.25, 0.3) is 8.32 Å². The van der Waals surface area contributed by atoms with Gasteiger partial charge in [-0.3, -0.25) is 0 Å². The van der Waals surface area contributed by atoms with Gasteiger partial charge in [0.2, 0.25) is 0 Å². The average molecular weight is 355 g/mol. The summed E-state index contributed by atoms with van der Waals surface area (Å²) in [5.41, 5.74) is 0. The summed E-state index contributed by atoms with van der Waals surface area (Å²) in [6.07, 6.45) is 4.66. The lowest BCUT2D eigenvalue weighted by Gasteiger charge is -2.44. The molecule has 0 aliphatic carbocycles. The Hall–Kier alpha value is -1.68. The van der Waals surface area contributed by atoms with Gasteiger partial charge in [-0.2, -0.15) is 0 Å². The first-order valence-electron chi connectivity index (χ1n) is 8.96. The Bertz CT molecular complexity index is 620. The van der Waals surface area contributed by atoms with Gasteiger partial charge in [0.1, 0.15) is 0 Å². The van der Waals surface area contributed by atoms with Crippen LogP contribution in [0.4, 0.5) is 0 Å². The standard InChI is InChI=1S/C22H30O2Si/c1-19(13-11-12-18-23)24-25(22(2,3)4,20-14-7-5-8-15-20)21-16-9-6-10-17-21/h5-12,14-17,19,23H,13,18H2,1-4H3/b12-11+/t19-/m1/s1. The van der Waals surface area contributed by atoms with Gasteiger partial charge >= 0.3 is 0 Å². The van der Waals surface area contributed by atoms with E-state index < -0.39 is 8.32 Å². The Morgan fingerprint density at radius 1 is 0.920 bits per heavy atom. The van der Waals surface area contributed by atoms with E-state index in [0.29, 0.717) is 0 Å². The van der Waals surface area contributed by atoms with Gasteiger partial charge in [-0.15, -0.1) is 0 Å². The van der Waals surface area contributed by atoms with Crippen molar-refractivity contribution in [2.45, 2.75) is 45.3 Å². The topological polar surface area (TPSA) is 29.5 Å². The summed E-state index contributed by atoms with van der Waals surface area (Å²) < 4.78 is 6.93. The van der Waals surface area contributed by atoms with Crippen molar-refractivity contribution in [2.75, 3.05) is 6.61 Å². The second kappa shape index (κ2) is 8.61. The third kappa shape index (κ3) is 4.49. The van der Waals surface area contributed by atoms with Crippen LogP contribution in [0.15, 0.2) is 72.8 Å². The van der Waals surface area contributed by atoms with E-state index in [1.807, 2.05) is 6.08 Å². The molecule has 0 radical (unpaired) electrons. The van der Waals surface area contributed by atoms with Crippen LogP contribution >= 0.6 is 0 Å². The van der Waals surface area contributed by atoms with Crippen molar-refractivity contribution in [1.29, 1.82) is 0 Å². The molecule has 0 saturated carbocycles. The number of aliphatic hydroxyl groups is 1. The Labute approximate surface area is 153 Å². The minimum Gasteiger partial charge on any atom is -0.404 e. The molecule has 2 aromatic carbocycles. The van der Waals surface area contributed by atoms with Gasteiger partial charge in [-0.25, -0.2) is 0 Å². The van der Waals surface area contributed by atoms with Crippen LogP contribution in [0, 0.1) is 0 Å². The zero-order valence-electron chi connectivity index (χ0n) is 15.8. The van der Waals surface area contributed by atoms with Crippen molar-refractivity contribution in [3.8, 4) is 0 Å². The Balaban J connectivity index is 2.55. The van der Waals surface area contributed by atoms with E-state index in [2.05, 4.69) is 88.4 Å². The number of benzene rings is 2. The van der Waals surface area contributed by atoms with Crippen LogP contribution in [0.25, 0.3) is 0 Å². The molecule has 0 spiro atoms. The lowest BCUT2D eigenvalue weighted by molar-refractivity contribution is 0.209. The fourth-order valence-corrected chi connectivity index (χ4v) is 8.12. The van der Waals surface area contributed by atoms with E-state index in [1.54, 1.807) is 6.08 Å². The molecule has 134 valence electrons. The molecular formula is C22H30O2Si. The molecule has 0 amide bonds. The van der Waals surface area contributed by atoms with Crippen LogP contribution < -0.4 is 10.4 Å². The van der Waals surface area contributed by atoms with Gasteiger partial charge < -0.3 is 9.53 Å². The maximum atomic E-state index is 8.98. The molecule has 3 heteroatoms. The first kappa shape index (κ1) is 19.6. The summed E-state index contributed by atoms with van der Waals surface area (Å²) in [6.45, 7) is 9.06. The first-order valence-corrected chi connectivity index (χ1v) is 10.9. The number of hydrogen-bond acceptors (Lipinski definition) is 2. The highest BCUT2D eigenvalue weighted by molar-refractivity contribution is 6.99. The summed E-state index contributed by atoms with van der Waals surface area (Å²) in [5, 5.41) is 11.6. The van der Waals surface area contributed by atoms with E-state index in [4.69, 9.17) is 9.53 Å². The van der Waals surface area contributed by atoms with Crippen LogP contribution in [-0.4, -0.2) is 26.1 Å². The molecule has 1 N–H and O–H groups in total. The quantitative estimate of drug-likeness (QED) is 0.604. The Morgan fingerprint density at radius 3 is 1.80 bits per heavy atom. The molecule has 0 aliphatic rings. The van der Waals surface area contributed by atoms with Crippen molar-refractivity contribution in [1.82, 2.24) is 0 Å². The molecule has 0 unspecified atom stereocenters. The highest BCUT2D eigenvalue weighted by Crippen LogP contribution is 2.37. The lowest BCUT2D eigenvalue weighted by atomic mass is 10.2. The molecular weight excluding hydrogens is 324 g/mol. The third-order valence-corrected chi connectivity index (χ3v) is 9.70. The van der Waals surface area contributed by atoms with Crippen LogP contribution in [0.5, 0.6) is 0 Å². The van der Waals surface area contributed by atoms with Crippen molar-refractivity contribution < 1.29 is 9.53 Å². The smallest absolute Gasteiger partial charge is 0.261 e. The normalized spacial score (nSPS) is 14.0. The van der Waals surface area contributed by atoms with Crippen LogP contribution in [0.3, 0.4) is 0 Å². The summed E-state index contributed by atoms with van der Waals surface area (Å²) in [6, 6.07) is 21.4. The molecule has 2 rings (SSSR count). The minimum atomic E-state index is -2.47. The SMILES string of the molecule is C[C@H](C/C=C/CO)O[Si](c1ccccc1)(c1ccccc1)C(C)(C)C. The van der Waals surface area contributed by atoms with Gasteiger partial charge in [-0.05, 0) is 28.8 Å². The fraction of sp³-hybridized carbons (Fsp3) is 0.364. The Morgan fingerprint density at radius 2 is 1.40 bits per heavy atom. The van der Waals surface area contributed by atoms with Crippen molar-refractivity contribution in [2.24, 2.45) is 0 Å². The average Bonchev–Trinajstić information content (AvgIpc) is 2.60. The van der Waals surface area contributed by atoms with E-state index in [-0.39, 0.29) is 17.7 Å². The van der Waals surface area contributed by atoms with Gasteiger partial charge in [0.05, 0.1) is 6.61 Å². The first-order chi connectivity index (χ1) is 11.9. The van der Waals surface area contributed by atoms with E-state index in [9.17, 15) is 0 Å². The molecule has 2 aromatic rings. The second-order valence-electron chi connectivity index (χ2n) is 7.48. The van der Waals surface area contributed by atoms with Crippen LogP contribution in [-0.2, 0) is 4.43 Å². The summed E-state index contributed by atoms with van der Waals surface area (Å²) in [4.78, 5) is 0. The van der Waals surface area contributed by atoms with E-state index in [0.717, 1.165) is 6.42 Å². The van der Waals surface area contributed by atoms with Gasteiger partial charge in [0.15, 0.2) is 0 Å². The van der Waals surface area contributed by atoms with Crippen LogP contribution in [0.2, 0.25) is 5.04 Å². The zero-order chi connectivity index (χ0) is 18.3. The summed E-state index contributed by atoms with van der Waals surface area (Å²) >= 11 is 0. The maximum absolute atomic E-state index is 8.98. The third-order valence-electron chi connectivity index (χ3n) is 4.53. The zero-order valence-corrected chi connectivity index (χ0v) is 16.8. The predicted molar refractivity (Wildman–Crippen MR) is 109 cm³/mol. The molecule has 0 heterocycles. The highest BCUT2D eigenvalue weighted by Gasteiger charge is 2.50. The van der Waals surface area contributed by atoms with Crippen molar-refractivity contribution >= 4 is 18.7 Å². The minimum absolute atomic E-state index is 0.00927. The van der Waals surface area contributed by atoms with Crippen molar-refractivity contribution in [3.05, 3.63) is 72.8 Å². The van der Waals surface area contributed by atoms with Crippen LogP contribution in [0.1, 0.15) is 34.1 Å². The van der Waals surface area contributed by atoms with Crippen molar-refractivity contribution in [3.63, 3.8) is 0 Å². The largest absolute Gasteiger partial charge is 0.404 e. The maximum Gasteiger partial charge on any atom is 0.261 e. The van der Waals surface area contributed by atoms with E-state index in [1.165, 1.54) is 10.4 Å². The lowest BCUT2D eigenvalue weighted by Crippen LogP contribution is -2.67. The number of rotatable bonds is 7. The molecule has 1 atom stereocenters. The number of hydrogen-bond donors (Lipinski definition) is 1. The molecule has 0 aliphatic heterocycles. The second-order valence-corrected chi connectivity index (χ2v) is 11.7. The van der Waals surface area contributed by atoms with Gasteiger partial charge in [0, 0.05) is 6.10 Å². The molecule has 25 heavy (non-hydrogen) atoms. The fourth-order valence-electron chi connectivity index (χ4n) is 3.40. The molecule has 0 aromatic heterocycles. The monoisotopic (exact) mass is 354 g/mol. The van der Waals surface area contributed by atoms with E-state index >= 15 is 0 Å². The summed E-state index contributed by atoms with van der Waals surface area (Å²) in [7, 11) is -2.47. The Kier molecular flexibility index (Phi) is 6.76. The molecule has 0 saturated heterocycles. The molecule has 0 fully saturated rings. The highest BCUT2D eigenvalue weighted by atomic mass is 28.4. The predicted octanol–water partition coefficient (Wildman–Crippen LogP) is 3.89. The molecule has 0 bridgehead atoms. The number of aliphatic hydroxyl groups excluding tert-OH is 1. The summed E-state index contributed by atoms with van der Waals surface area (Å²) in [5.74, 6) is 0.